The Morgan fingerprint density at radius 2 is 0.533 bits per heavy atom. The predicted molar refractivity (Wildman–Crippen MR) is 315 cm³/mol. The fourth-order valence-electron chi connectivity index (χ4n) is 23.6. The number of likely N-dealkylation sites (tertiary alicyclic amines) is 1. The van der Waals surface area contributed by atoms with Gasteiger partial charge >= 0.3 is 0 Å². The molecule has 0 bridgehead atoms. The molecule has 2 heterocycles. The van der Waals surface area contributed by atoms with Crippen molar-refractivity contribution < 1.29 is 0 Å². The number of hydrogen-bond donors (Lipinski definition) is 2. The van der Waals surface area contributed by atoms with Gasteiger partial charge in [-0.05, 0) is 271 Å². The molecule has 6 atom stereocenters. The topological polar surface area (TPSA) is 33.8 Å². The van der Waals surface area contributed by atoms with Crippen LogP contribution in [0, 0.1) is 65.1 Å². The van der Waals surface area contributed by atoms with Crippen molar-refractivity contribution in [3.8, 4) is 0 Å². The van der Waals surface area contributed by atoms with E-state index in [1.165, 1.54) is 186 Å². The van der Waals surface area contributed by atoms with Gasteiger partial charge in [0.1, 0.15) is 0 Å². The molecule has 2 aliphatic heterocycles. The minimum absolute atomic E-state index is 0.607. The largest absolute Gasteiger partial charge is 0.301 e. The van der Waals surface area contributed by atoms with Crippen molar-refractivity contribution in [2.75, 3.05) is 13.1 Å². The summed E-state index contributed by atoms with van der Waals surface area (Å²) >= 11 is 0. The summed E-state index contributed by atoms with van der Waals surface area (Å²) < 4.78 is 0. The van der Waals surface area contributed by atoms with E-state index in [4.69, 9.17) is 0 Å². The predicted octanol–water partition coefficient (Wildman–Crippen LogP) is 17.0. The minimum Gasteiger partial charge on any atom is -0.301 e. The van der Waals surface area contributed by atoms with Crippen LogP contribution >= 0.6 is 0 Å². The molecule has 426 valence electrons. The molecule has 11 saturated carbocycles. The van der Waals surface area contributed by atoms with Crippen LogP contribution in [0.4, 0.5) is 0 Å². The second-order valence-corrected chi connectivity index (χ2v) is 31.0. The van der Waals surface area contributed by atoms with Crippen LogP contribution in [0.5, 0.6) is 0 Å². The van der Waals surface area contributed by atoms with Gasteiger partial charge in [-0.1, -0.05) is 96.3 Å². The van der Waals surface area contributed by atoms with Gasteiger partial charge in [0.15, 0.2) is 0 Å². The Labute approximate surface area is 463 Å². The van der Waals surface area contributed by atoms with Crippen molar-refractivity contribution in [3.05, 3.63) is 0 Å². The van der Waals surface area contributed by atoms with E-state index in [1.807, 2.05) is 0 Å². The first kappa shape index (κ1) is 54.1. The normalized spacial score (nSPS) is 44.4. The van der Waals surface area contributed by atoms with E-state index in [2.05, 4.69) is 25.3 Å². The second-order valence-electron chi connectivity index (χ2n) is 31.0. The number of nitrogens with one attached hydrogen (secondary N) is 2. The van der Waals surface area contributed by atoms with Gasteiger partial charge < -0.3 is 10.6 Å². The zero-order chi connectivity index (χ0) is 49.9. The van der Waals surface area contributed by atoms with Gasteiger partial charge in [0.25, 0.3) is 0 Å². The average molecular weight is 1030 g/mol. The molecular formula is C70H121N5. The third kappa shape index (κ3) is 12.3. The highest BCUT2D eigenvalue weighted by Crippen LogP contribution is 2.58. The average Bonchev–Trinajstić information content (AvgIpc) is 3.83. The lowest BCUT2D eigenvalue weighted by molar-refractivity contribution is 0.00180. The Kier molecular flexibility index (Phi) is 18.7. The number of rotatable bonds is 12. The van der Waals surface area contributed by atoms with Crippen molar-refractivity contribution in [1.82, 2.24) is 25.3 Å². The standard InChI is InChI=1S/C70H121N5/c1-6-16-55(17-7-1)70-71-48-58(49-72-70)54-28-26-50(27-29-54)51-30-42-65(43-31-51)75-68-44-36-56(52-32-38-63(39-33-52)73(59-18-8-2-9-19-59)60-20-10-3-11-21-60)46-66(68)67-47-57(37-45-69(67)75)53-34-40-64(41-35-53)74(61-22-12-4-13-23-61)62-24-14-5-15-25-62/h50-72H,1-49H2. The Bertz CT molecular complexity index is 1540. The van der Waals surface area contributed by atoms with E-state index in [9.17, 15) is 0 Å². The molecule has 0 aromatic rings. The monoisotopic (exact) mass is 1030 g/mol. The van der Waals surface area contributed by atoms with Gasteiger partial charge in [-0.25, -0.2) is 0 Å². The third-order valence-electron chi connectivity index (χ3n) is 27.4. The molecule has 0 spiro atoms. The van der Waals surface area contributed by atoms with Crippen molar-refractivity contribution in [2.45, 2.75) is 362 Å². The smallest absolute Gasteiger partial charge is 0.0600 e. The minimum atomic E-state index is 0.607. The maximum atomic E-state index is 4.05. The Morgan fingerprint density at radius 3 is 0.920 bits per heavy atom. The van der Waals surface area contributed by atoms with E-state index in [1.54, 1.807) is 128 Å². The first-order valence-electron chi connectivity index (χ1n) is 36.0. The molecule has 6 unspecified atom stereocenters. The lowest BCUT2D eigenvalue weighted by Crippen LogP contribution is -2.57. The molecule has 0 radical (unpaired) electrons. The summed E-state index contributed by atoms with van der Waals surface area (Å²) in [4.78, 5) is 9.97. The fraction of sp³-hybridized carbons (Fsp3) is 1.00. The molecule has 0 aromatic heterocycles. The molecular weight excluding hydrogens is 911 g/mol. The van der Waals surface area contributed by atoms with Crippen LogP contribution in [-0.2, 0) is 0 Å². The summed E-state index contributed by atoms with van der Waals surface area (Å²) in [5, 5.41) is 8.10. The molecule has 2 N–H and O–H groups in total. The van der Waals surface area contributed by atoms with E-state index >= 15 is 0 Å². The van der Waals surface area contributed by atoms with Crippen molar-refractivity contribution >= 4 is 0 Å². The SMILES string of the molecule is C1CCC(C2NCC(C3CCC(C4CCC(N5C6CCC(C7CCC(N(C8CCCCC8)C8CCCCC8)CC7)CC6C6CC(C7CCC(N(C8CCCCC8)C8CCCCC8)CC7)CCC65)CC4)CC3)CN2)CC1. The van der Waals surface area contributed by atoms with Crippen molar-refractivity contribution in [2.24, 2.45) is 65.1 Å². The maximum Gasteiger partial charge on any atom is 0.0600 e. The van der Waals surface area contributed by atoms with Gasteiger partial charge in [-0.3, -0.25) is 14.7 Å². The summed E-state index contributed by atoms with van der Waals surface area (Å²) in [6.07, 6.45) is 72.6. The van der Waals surface area contributed by atoms with Crippen LogP contribution < -0.4 is 10.6 Å². The maximum absolute atomic E-state index is 4.05. The van der Waals surface area contributed by atoms with Crippen LogP contribution in [0.15, 0.2) is 0 Å². The summed E-state index contributed by atoms with van der Waals surface area (Å²) in [5.41, 5.74) is 0. The zero-order valence-corrected chi connectivity index (χ0v) is 49.1. The lowest BCUT2D eigenvalue weighted by atomic mass is 9.62. The summed E-state index contributed by atoms with van der Waals surface area (Å²) in [7, 11) is 0. The van der Waals surface area contributed by atoms with Crippen LogP contribution in [0.1, 0.15) is 302 Å². The van der Waals surface area contributed by atoms with E-state index in [-0.39, 0.29) is 0 Å². The van der Waals surface area contributed by atoms with Gasteiger partial charge in [-0.15, -0.1) is 0 Å². The first-order valence-corrected chi connectivity index (χ1v) is 36.0. The first-order chi connectivity index (χ1) is 37.2. The third-order valence-corrected chi connectivity index (χ3v) is 27.4. The molecule has 13 aliphatic rings. The molecule has 11 aliphatic carbocycles. The van der Waals surface area contributed by atoms with Crippen LogP contribution in [-0.4, -0.2) is 88.3 Å². The molecule has 2 saturated heterocycles. The summed E-state index contributed by atoms with van der Waals surface area (Å²) in [6.45, 7) is 2.58. The van der Waals surface area contributed by atoms with Crippen LogP contribution in [0.2, 0.25) is 0 Å². The Balaban J connectivity index is 0.647. The van der Waals surface area contributed by atoms with Gasteiger partial charge in [-0.2, -0.15) is 0 Å². The molecule has 13 fully saturated rings. The van der Waals surface area contributed by atoms with Crippen LogP contribution in [0.25, 0.3) is 0 Å². The van der Waals surface area contributed by atoms with Gasteiger partial charge in [0.2, 0.25) is 0 Å². The summed E-state index contributed by atoms with van der Waals surface area (Å²) in [6, 6.07) is 8.30. The second kappa shape index (κ2) is 25.9. The molecule has 5 nitrogen and oxygen atoms in total. The molecule has 0 amide bonds. The lowest BCUT2D eigenvalue weighted by Gasteiger charge is -2.50. The van der Waals surface area contributed by atoms with Crippen LogP contribution in [0.3, 0.4) is 0 Å². The number of hydrogen-bond acceptors (Lipinski definition) is 5. The highest BCUT2D eigenvalue weighted by molar-refractivity contribution is 5.09. The molecule has 5 heteroatoms. The van der Waals surface area contributed by atoms with Crippen molar-refractivity contribution in [3.63, 3.8) is 0 Å². The Hall–Kier alpha value is -0.200. The number of nitrogens with zero attached hydrogens (tertiary/aromatic N) is 3. The van der Waals surface area contributed by atoms with Gasteiger partial charge in [0.05, 0.1) is 6.17 Å². The molecule has 13 rings (SSSR count). The molecule has 0 aromatic carbocycles. The van der Waals surface area contributed by atoms with E-state index < -0.39 is 0 Å². The highest BCUT2D eigenvalue weighted by Gasteiger charge is 2.56. The van der Waals surface area contributed by atoms with E-state index in [0.29, 0.717) is 6.17 Å². The van der Waals surface area contributed by atoms with Gasteiger partial charge in [0, 0.05) is 67.5 Å². The van der Waals surface area contributed by atoms with Crippen molar-refractivity contribution in [1.29, 1.82) is 0 Å². The fourth-order valence-corrected chi connectivity index (χ4v) is 23.6. The number of fused-ring (bicyclic) bond motifs is 3. The molecule has 75 heavy (non-hydrogen) atoms. The Morgan fingerprint density at radius 1 is 0.240 bits per heavy atom. The zero-order valence-electron chi connectivity index (χ0n) is 49.1. The van der Waals surface area contributed by atoms with E-state index in [0.717, 1.165) is 119 Å². The summed E-state index contributed by atoms with van der Waals surface area (Å²) in [5.74, 6) is 11.0. The highest BCUT2D eigenvalue weighted by atomic mass is 15.3. The quantitative estimate of drug-likeness (QED) is 0.204.